The minimum atomic E-state index is 0.499. The van der Waals surface area contributed by atoms with Gasteiger partial charge in [-0.2, -0.15) is 0 Å². The molecule has 3 heterocycles. The van der Waals surface area contributed by atoms with Crippen molar-refractivity contribution in [3.63, 3.8) is 0 Å². The summed E-state index contributed by atoms with van der Waals surface area (Å²) in [5.41, 5.74) is 8.63. The van der Waals surface area contributed by atoms with Gasteiger partial charge < -0.3 is 5.73 Å². The first-order chi connectivity index (χ1) is 14.2. The number of hydrogen-bond acceptors (Lipinski definition) is 5. The lowest BCUT2D eigenvalue weighted by Crippen LogP contribution is -2.05. The zero-order chi connectivity index (χ0) is 20.2. The molecule has 0 atom stereocenters. The van der Waals surface area contributed by atoms with Crippen LogP contribution in [0.4, 0.5) is 0 Å². The van der Waals surface area contributed by atoms with Gasteiger partial charge in [-0.05, 0) is 44.9 Å². The summed E-state index contributed by atoms with van der Waals surface area (Å²) in [7, 11) is 0. The van der Waals surface area contributed by atoms with Crippen LogP contribution in [-0.4, -0.2) is 27.0 Å². The first-order valence-corrected chi connectivity index (χ1v) is 11.4. The molecule has 3 aromatic rings. The molecule has 0 bridgehead atoms. The molecule has 0 aliphatic carbocycles. The molecular formula is C22H26ClN5S. The largest absolute Gasteiger partial charge is 0.330 e. The number of nitrogens with zero attached hydrogens (tertiary/aromatic N) is 4. The summed E-state index contributed by atoms with van der Waals surface area (Å²) < 4.78 is 2.15. The van der Waals surface area contributed by atoms with Crippen LogP contribution in [0.2, 0.25) is 5.02 Å². The maximum absolute atomic E-state index is 6.52. The fourth-order valence-corrected chi connectivity index (χ4v) is 5.25. The second-order valence-electron chi connectivity index (χ2n) is 7.38. The predicted molar refractivity (Wildman–Crippen MR) is 121 cm³/mol. The molecule has 0 fully saturated rings. The molecule has 152 valence electrons. The van der Waals surface area contributed by atoms with Gasteiger partial charge in [0.15, 0.2) is 5.82 Å². The van der Waals surface area contributed by atoms with E-state index in [1.807, 2.05) is 42.5 Å². The summed E-state index contributed by atoms with van der Waals surface area (Å²) in [6.45, 7) is 3.29. The maximum Gasteiger partial charge on any atom is 0.160 e. The SMILES string of the molecule is Cc1nnc2n1-c1sc(CCCCCCCN)cc1C(c1ccccc1Cl)=NC2. The molecule has 29 heavy (non-hydrogen) atoms. The van der Waals surface area contributed by atoms with Crippen molar-refractivity contribution in [2.75, 3.05) is 6.54 Å². The van der Waals surface area contributed by atoms with Gasteiger partial charge in [-0.3, -0.25) is 9.56 Å². The van der Waals surface area contributed by atoms with Gasteiger partial charge >= 0.3 is 0 Å². The molecule has 2 aromatic heterocycles. The highest BCUT2D eigenvalue weighted by molar-refractivity contribution is 7.15. The third-order valence-corrected chi connectivity index (χ3v) is 6.76. The Morgan fingerprint density at radius 2 is 1.86 bits per heavy atom. The first kappa shape index (κ1) is 20.3. The van der Waals surface area contributed by atoms with E-state index in [0.29, 0.717) is 6.54 Å². The maximum atomic E-state index is 6.52. The van der Waals surface area contributed by atoms with Crippen molar-refractivity contribution in [3.05, 3.63) is 63.0 Å². The minimum Gasteiger partial charge on any atom is -0.330 e. The Morgan fingerprint density at radius 1 is 1.07 bits per heavy atom. The Morgan fingerprint density at radius 3 is 2.69 bits per heavy atom. The second-order valence-corrected chi connectivity index (χ2v) is 8.90. The third-order valence-electron chi connectivity index (χ3n) is 5.25. The van der Waals surface area contributed by atoms with Crippen LogP contribution in [-0.2, 0) is 13.0 Å². The lowest BCUT2D eigenvalue weighted by Gasteiger charge is -2.08. The van der Waals surface area contributed by atoms with Crippen LogP contribution < -0.4 is 5.73 Å². The zero-order valence-corrected chi connectivity index (χ0v) is 18.3. The molecule has 0 saturated carbocycles. The Labute approximate surface area is 180 Å². The molecule has 0 spiro atoms. The average Bonchev–Trinajstić information content (AvgIpc) is 3.25. The van der Waals surface area contributed by atoms with Crippen molar-refractivity contribution < 1.29 is 0 Å². The first-order valence-electron chi connectivity index (χ1n) is 10.2. The minimum absolute atomic E-state index is 0.499. The van der Waals surface area contributed by atoms with Crippen LogP contribution in [0.25, 0.3) is 5.00 Å². The van der Waals surface area contributed by atoms with Crippen LogP contribution in [0.5, 0.6) is 0 Å². The second kappa shape index (κ2) is 9.20. The number of aryl methyl sites for hydroxylation is 2. The van der Waals surface area contributed by atoms with E-state index < -0.39 is 0 Å². The van der Waals surface area contributed by atoms with Crippen molar-refractivity contribution in [2.45, 2.75) is 52.0 Å². The Hall–Kier alpha value is -2.02. The number of fused-ring (bicyclic) bond motifs is 3. The normalized spacial score (nSPS) is 13.0. The summed E-state index contributed by atoms with van der Waals surface area (Å²) in [5, 5.41) is 10.5. The van der Waals surface area contributed by atoms with Gasteiger partial charge in [0, 0.05) is 21.0 Å². The Balaban J connectivity index is 1.65. The van der Waals surface area contributed by atoms with Crippen LogP contribution in [0.15, 0.2) is 35.3 Å². The van der Waals surface area contributed by atoms with Crippen LogP contribution in [0.3, 0.4) is 0 Å². The molecule has 0 amide bonds. The monoisotopic (exact) mass is 427 g/mol. The van der Waals surface area contributed by atoms with E-state index in [4.69, 9.17) is 22.3 Å². The number of nitrogens with two attached hydrogens (primary N) is 1. The number of halogens is 1. The Bertz CT molecular complexity index is 1020. The highest BCUT2D eigenvalue weighted by Crippen LogP contribution is 2.35. The van der Waals surface area contributed by atoms with E-state index in [1.165, 1.54) is 30.6 Å². The van der Waals surface area contributed by atoms with Crippen molar-refractivity contribution >= 4 is 28.6 Å². The lowest BCUT2D eigenvalue weighted by atomic mass is 10.0. The van der Waals surface area contributed by atoms with Crippen LogP contribution >= 0.6 is 22.9 Å². The quantitative estimate of drug-likeness (QED) is 0.509. The highest BCUT2D eigenvalue weighted by Gasteiger charge is 2.25. The molecule has 0 radical (unpaired) electrons. The predicted octanol–water partition coefficient (Wildman–Crippen LogP) is 5.09. The molecule has 4 rings (SSSR count). The standard InChI is InChI=1S/C22H26ClN5S/c1-15-26-27-20-14-25-21(17-10-6-7-11-19(17)23)18-13-16(29-22(18)28(15)20)9-5-3-2-4-8-12-24/h6-7,10-11,13H,2-5,8-9,12,14,24H2,1H3. The number of hydrogen-bond donors (Lipinski definition) is 1. The van der Waals surface area contributed by atoms with Gasteiger partial charge in [-0.1, -0.05) is 49.1 Å². The van der Waals surface area contributed by atoms with E-state index >= 15 is 0 Å². The van der Waals surface area contributed by atoms with Crippen LogP contribution in [0.1, 0.15) is 59.8 Å². The number of rotatable bonds is 8. The summed E-state index contributed by atoms with van der Waals surface area (Å²) in [6, 6.07) is 10.2. The van der Waals surface area contributed by atoms with E-state index in [9.17, 15) is 0 Å². The number of unbranched alkanes of at least 4 members (excludes halogenated alkanes) is 4. The summed E-state index contributed by atoms with van der Waals surface area (Å²) in [6.07, 6.45) is 7.11. The lowest BCUT2D eigenvalue weighted by molar-refractivity contribution is 0.620. The molecule has 1 aliphatic rings. The number of aromatic nitrogens is 3. The fraction of sp³-hybridized carbons (Fsp3) is 0.409. The van der Waals surface area contributed by atoms with Crippen molar-refractivity contribution in [1.82, 2.24) is 14.8 Å². The fourth-order valence-electron chi connectivity index (χ4n) is 3.76. The smallest absolute Gasteiger partial charge is 0.160 e. The molecule has 1 aromatic carbocycles. The van der Waals surface area contributed by atoms with Crippen molar-refractivity contribution in [1.29, 1.82) is 0 Å². The van der Waals surface area contributed by atoms with E-state index in [1.54, 1.807) is 0 Å². The molecule has 0 unspecified atom stereocenters. The van der Waals surface area contributed by atoms with Crippen molar-refractivity contribution in [3.8, 4) is 5.00 Å². The van der Waals surface area contributed by atoms with E-state index in [2.05, 4.69) is 20.8 Å². The molecule has 7 heteroatoms. The number of benzene rings is 1. The highest BCUT2D eigenvalue weighted by atomic mass is 35.5. The molecular weight excluding hydrogens is 402 g/mol. The molecule has 0 saturated heterocycles. The van der Waals surface area contributed by atoms with Gasteiger partial charge in [0.25, 0.3) is 0 Å². The van der Waals surface area contributed by atoms with Gasteiger partial charge in [0.05, 0.1) is 5.71 Å². The zero-order valence-electron chi connectivity index (χ0n) is 16.7. The van der Waals surface area contributed by atoms with E-state index in [-0.39, 0.29) is 0 Å². The summed E-state index contributed by atoms with van der Waals surface area (Å²) >= 11 is 8.35. The Kier molecular flexibility index (Phi) is 6.43. The third kappa shape index (κ3) is 4.29. The van der Waals surface area contributed by atoms with Gasteiger partial charge in [0.2, 0.25) is 0 Å². The number of thiophene rings is 1. The summed E-state index contributed by atoms with van der Waals surface area (Å²) in [5.74, 6) is 1.77. The van der Waals surface area contributed by atoms with Crippen LogP contribution in [0, 0.1) is 6.92 Å². The topological polar surface area (TPSA) is 69.1 Å². The average molecular weight is 428 g/mol. The molecule has 2 N–H and O–H groups in total. The number of aliphatic imine (C=N–C) groups is 1. The van der Waals surface area contributed by atoms with Gasteiger partial charge in [-0.15, -0.1) is 21.5 Å². The van der Waals surface area contributed by atoms with Gasteiger partial charge in [0.1, 0.15) is 17.4 Å². The van der Waals surface area contributed by atoms with E-state index in [0.717, 1.165) is 57.9 Å². The van der Waals surface area contributed by atoms with Crippen molar-refractivity contribution in [2.24, 2.45) is 10.7 Å². The molecule has 1 aliphatic heterocycles. The van der Waals surface area contributed by atoms with Gasteiger partial charge in [-0.25, -0.2) is 0 Å². The summed E-state index contributed by atoms with van der Waals surface area (Å²) in [4.78, 5) is 6.27. The molecule has 5 nitrogen and oxygen atoms in total.